The predicted molar refractivity (Wildman–Crippen MR) is 71.9 cm³/mol. The molecule has 0 radical (unpaired) electrons. The lowest BCUT2D eigenvalue weighted by Gasteiger charge is -2.34. The summed E-state index contributed by atoms with van der Waals surface area (Å²) in [5.41, 5.74) is 0.000380. The fourth-order valence-corrected chi connectivity index (χ4v) is 2.32. The zero-order valence-electron chi connectivity index (χ0n) is 11.7. The maximum Gasteiger partial charge on any atom is 0.246 e. The van der Waals surface area contributed by atoms with Crippen molar-refractivity contribution in [2.24, 2.45) is 5.41 Å². The number of carbonyl (C=O) groups is 1. The first kappa shape index (κ1) is 13.8. The zero-order chi connectivity index (χ0) is 14.0. The molecule has 1 amide bonds. The van der Waals surface area contributed by atoms with Gasteiger partial charge in [-0.15, -0.1) is 0 Å². The van der Waals surface area contributed by atoms with Crippen LogP contribution in [0.5, 0.6) is 0 Å². The third-order valence-electron chi connectivity index (χ3n) is 3.52. The number of aromatic nitrogens is 1. The van der Waals surface area contributed by atoms with Crippen LogP contribution in [0.4, 0.5) is 10.1 Å². The Balaban J connectivity index is 2.32. The van der Waals surface area contributed by atoms with Crippen molar-refractivity contribution in [1.82, 2.24) is 9.99 Å². The normalized spacial score (nSPS) is 17.9. The minimum Gasteiger partial charge on any atom is -0.278 e. The highest BCUT2D eigenvalue weighted by Crippen LogP contribution is 2.33. The van der Waals surface area contributed by atoms with Gasteiger partial charge in [0, 0.05) is 24.7 Å². The SMILES string of the molecule is CCCN(c1cnccc1F)N1CCC(C)(C)C1=O. The standard InChI is InChI=1S/C14H20FN3O/c1-4-8-17(12-10-16-7-5-11(12)15)18-9-6-14(2,3)13(18)19/h5,7,10H,4,6,8-9H2,1-3H3. The Labute approximate surface area is 113 Å². The number of pyridine rings is 1. The van der Waals surface area contributed by atoms with Crippen LogP contribution in [0.2, 0.25) is 0 Å². The van der Waals surface area contributed by atoms with Gasteiger partial charge < -0.3 is 0 Å². The molecule has 1 fully saturated rings. The van der Waals surface area contributed by atoms with Crippen LogP contribution in [-0.4, -0.2) is 29.0 Å². The summed E-state index contributed by atoms with van der Waals surface area (Å²) in [6, 6.07) is 1.32. The van der Waals surface area contributed by atoms with E-state index in [9.17, 15) is 9.18 Å². The van der Waals surface area contributed by atoms with Crippen molar-refractivity contribution in [2.45, 2.75) is 33.6 Å². The number of halogens is 1. The number of hydrogen-bond donors (Lipinski definition) is 0. The number of rotatable bonds is 4. The summed E-state index contributed by atoms with van der Waals surface area (Å²) in [5.74, 6) is -0.301. The molecule has 0 spiro atoms. The average Bonchev–Trinajstić information content (AvgIpc) is 2.63. The molecular formula is C14H20FN3O. The van der Waals surface area contributed by atoms with Crippen molar-refractivity contribution in [2.75, 3.05) is 18.1 Å². The van der Waals surface area contributed by atoms with Crippen molar-refractivity contribution >= 4 is 11.6 Å². The molecule has 1 saturated heterocycles. The Morgan fingerprint density at radius 1 is 1.53 bits per heavy atom. The van der Waals surface area contributed by atoms with Crippen molar-refractivity contribution < 1.29 is 9.18 Å². The number of hydrogen-bond acceptors (Lipinski definition) is 3. The molecule has 2 heterocycles. The molecule has 0 atom stereocenters. The Kier molecular flexibility index (Phi) is 3.73. The third kappa shape index (κ3) is 2.55. The number of anilines is 1. The van der Waals surface area contributed by atoms with Crippen LogP contribution in [0.3, 0.4) is 0 Å². The second kappa shape index (κ2) is 5.15. The van der Waals surface area contributed by atoms with E-state index in [1.54, 1.807) is 10.0 Å². The molecule has 19 heavy (non-hydrogen) atoms. The summed E-state index contributed by atoms with van der Waals surface area (Å²) in [6.07, 6.45) is 4.51. The topological polar surface area (TPSA) is 36.4 Å². The molecule has 1 aliphatic rings. The van der Waals surface area contributed by atoms with E-state index in [1.165, 1.54) is 18.5 Å². The molecule has 0 bridgehead atoms. The number of amides is 1. The molecule has 1 aromatic heterocycles. The number of carbonyl (C=O) groups excluding carboxylic acids is 1. The summed E-state index contributed by atoms with van der Waals surface area (Å²) in [4.78, 5) is 16.3. The van der Waals surface area contributed by atoms with Crippen LogP contribution >= 0.6 is 0 Å². The van der Waals surface area contributed by atoms with Crippen LogP contribution in [0.15, 0.2) is 18.5 Å². The first-order chi connectivity index (χ1) is 8.97. The highest BCUT2D eigenvalue weighted by atomic mass is 19.1. The van der Waals surface area contributed by atoms with E-state index in [-0.39, 0.29) is 17.1 Å². The first-order valence-corrected chi connectivity index (χ1v) is 6.66. The molecule has 1 aliphatic heterocycles. The monoisotopic (exact) mass is 265 g/mol. The van der Waals surface area contributed by atoms with Crippen molar-refractivity contribution in [3.63, 3.8) is 0 Å². The van der Waals surface area contributed by atoms with Crippen LogP contribution < -0.4 is 5.01 Å². The Morgan fingerprint density at radius 3 is 2.79 bits per heavy atom. The molecule has 0 saturated carbocycles. The van der Waals surface area contributed by atoms with Gasteiger partial charge in [0.05, 0.1) is 6.20 Å². The predicted octanol–water partition coefficient (Wildman–Crippen LogP) is 2.61. The summed E-state index contributed by atoms with van der Waals surface area (Å²) in [7, 11) is 0. The second-order valence-electron chi connectivity index (χ2n) is 5.51. The van der Waals surface area contributed by atoms with Gasteiger partial charge in [0.2, 0.25) is 5.91 Å². The van der Waals surface area contributed by atoms with Gasteiger partial charge in [-0.3, -0.25) is 19.8 Å². The van der Waals surface area contributed by atoms with E-state index in [0.717, 1.165) is 12.8 Å². The highest BCUT2D eigenvalue weighted by molar-refractivity contribution is 5.85. The maximum atomic E-state index is 13.9. The number of hydrazine groups is 1. The van der Waals surface area contributed by atoms with Gasteiger partial charge in [0.15, 0.2) is 5.82 Å². The lowest BCUT2D eigenvalue weighted by molar-refractivity contribution is -0.135. The van der Waals surface area contributed by atoms with Gasteiger partial charge in [-0.1, -0.05) is 20.8 Å². The number of nitrogens with zero attached hydrogens (tertiary/aromatic N) is 3. The smallest absolute Gasteiger partial charge is 0.246 e. The maximum absolute atomic E-state index is 13.9. The van der Waals surface area contributed by atoms with Crippen molar-refractivity contribution in [3.8, 4) is 0 Å². The minimum absolute atomic E-state index is 0.0456. The lowest BCUT2D eigenvalue weighted by atomic mass is 9.92. The van der Waals surface area contributed by atoms with Crippen LogP contribution in [0.1, 0.15) is 33.6 Å². The lowest BCUT2D eigenvalue weighted by Crippen LogP contribution is -2.46. The van der Waals surface area contributed by atoms with Crippen LogP contribution in [0.25, 0.3) is 0 Å². The van der Waals surface area contributed by atoms with Crippen molar-refractivity contribution in [1.29, 1.82) is 0 Å². The fraction of sp³-hybridized carbons (Fsp3) is 0.571. The van der Waals surface area contributed by atoms with E-state index >= 15 is 0 Å². The third-order valence-corrected chi connectivity index (χ3v) is 3.52. The fourth-order valence-electron chi connectivity index (χ4n) is 2.32. The van der Waals surface area contributed by atoms with Gasteiger partial charge in [0.25, 0.3) is 0 Å². The van der Waals surface area contributed by atoms with Gasteiger partial charge in [-0.2, -0.15) is 0 Å². The summed E-state index contributed by atoms with van der Waals surface area (Å²) in [5, 5.41) is 3.38. The Morgan fingerprint density at radius 2 is 2.26 bits per heavy atom. The molecule has 0 aliphatic carbocycles. The van der Waals surface area contributed by atoms with Crippen LogP contribution in [-0.2, 0) is 4.79 Å². The molecule has 2 rings (SSSR count). The highest BCUT2D eigenvalue weighted by Gasteiger charge is 2.41. The molecule has 4 nitrogen and oxygen atoms in total. The van der Waals surface area contributed by atoms with Gasteiger partial charge in [-0.05, 0) is 18.9 Å². The van der Waals surface area contributed by atoms with E-state index in [1.807, 2.05) is 20.8 Å². The zero-order valence-corrected chi connectivity index (χ0v) is 11.7. The summed E-state index contributed by atoms with van der Waals surface area (Å²) in [6.45, 7) is 7.09. The molecule has 104 valence electrons. The molecule has 0 N–H and O–H groups in total. The molecular weight excluding hydrogens is 245 g/mol. The van der Waals surface area contributed by atoms with E-state index < -0.39 is 0 Å². The van der Waals surface area contributed by atoms with Gasteiger partial charge >= 0.3 is 0 Å². The van der Waals surface area contributed by atoms with Gasteiger partial charge in [0.1, 0.15) is 5.69 Å². The second-order valence-corrected chi connectivity index (χ2v) is 5.51. The van der Waals surface area contributed by atoms with E-state index in [0.29, 0.717) is 18.8 Å². The Hall–Kier alpha value is -1.65. The quantitative estimate of drug-likeness (QED) is 0.839. The summed E-state index contributed by atoms with van der Waals surface area (Å²) >= 11 is 0. The molecule has 1 aromatic rings. The average molecular weight is 265 g/mol. The summed E-state index contributed by atoms with van der Waals surface area (Å²) < 4.78 is 13.9. The first-order valence-electron chi connectivity index (χ1n) is 6.66. The largest absolute Gasteiger partial charge is 0.278 e. The van der Waals surface area contributed by atoms with Crippen molar-refractivity contribution in [3.05, 3.63) is 24.3 Å². The Bertz CT molecular complexity index is 476. The molecule has 5 heteroatoms. The molecule has 0 unspecified atom stereocenters. The minimum atomic E-state index is -0.370. The van der Waals surface area contributed by atoms with Crippen LogP contribution in [0, 0.1) is 11.2 Å². The van der Waals surface area contributed by atoms with E-state index in [2.05, 4.69) is 4.98 Å². The van der Waals surface area contributed by atoms with E-state index in [4.69, 9.17) is 0 Å². The van der Waals surface area contributed by atoms with Gasteiger partial charge in [-0.25, -0.2) is 4.39 Å². The molecule has 0 aromatic carbocycles.